The highest BCUT2D eigenvalue weighted by Gasteiger charge is 2.12. The van der Waals surface area contributed by atoms with Crippen molar-refractivity contribution in [1.29, 1.82) is 0 Å². The van der Waals surface area contributed by atoms with Gasteiger partial charge in [0.15, 0.2) is 0 Å². The molecule has 0 saturated carbocycles. The third-order valence-corrected chi connectivity index (χ3v) is 5.26. The molecule has 0 N–H and O–H groups in total. The van der Waals surface area contributed by atoms with Gasteiger partial charge < -0.3 is 4.74 Å². The number of rotatable bonds is 5. The Bertz CT molecular complexity index is 575. The molecule has 19 heavy (non-hydrogen) atoms. The van der Waals surface area contributed by atoms with Crippen LogP contribution in [0.4, 0.5) is 0 Å². The summed E-state index contributed by atoms with van der Waals surface area (Å²) in [5.41, 5.74) is 2.38. The zero-order valence-electron chi connectivity index (χ0n) is 12.0. The standard InChI is InChI=1S/C14H21BrN2OSi/c1-11-7-13(15)8-12-9-16-17(14(11)12)10-18-5-6-19(2,3)4/h7-9H,5-6,10H2,1-4H3. The lowest BCUT2D eigenvalue weighted by molar-refractivity contribution is 0.0816. The summed E-state index contributed by atoms with van der Waals surface area (Å²) in [4.78, 5) is 0. The number of aryl methyl sites for hydroxylation is 1. The Morgan fingerprint density at radius 3 is 2.74 bits per heavy atom. The van der Waals surface area contributed by atoms with E-state index in [1.54, 1.807) is 0 Å². The van der Waals surface area contributed by atoms with Gasteiger partial charge in [-0.3, -0.25) is 0 Å². The largest absolute Gasteiger partial charge is 0.360 e. The van der Waals surface area contributed by atoms with Gasteiger partial charge in [-0.1, -0.05) is 35.6 Å². The molecule has 0 unspecified atom stereocenters. The maximum Gasteiger partial charge on any atom is 0.140 e. The first-order valence-corrected chi connectivity index (χ1v) is 11.1. The topological polar surface area (TPSA) is 27.1 Å². The number of ether oxygens (including phenoxy) is 1. The predicted octanol–water partition coefficient (Wildman–Crippen LogP) is 4.42. The summed E-state index contributed by atoms with van der Waals surface area (Å²) in [6.45, 7) is 10.6. The van der Waals surface area contributed by atoms with Crippen LogP contribution in [0, 0.1) is 6.92 Å². The molecule has 2 aromatic rings. The highest BCUT2D eigenvalue weighted by Crippen LogP contribution is 2.23. The second kappa shape index (κ2) is 5.77. The van der Waals surface area contributed by atoms with Gasteiger partial charge in [0.05, 0.1) is 11.7 Å². The Morgan fingerprint density at radius 2 is 2.05 bits per heavy atom. The van der Waals surface area contributed by atoms with Gasteiger partial charge in [-0.05, 0) is 30.7 Å². The van der Waals surface area contributed by atoms with E-state index in [0.717, 1.165) is 22.0 Å². The van der Waals surface area contributed by atoms with E-state index in [4.69, 9.17) is 4.74 Å². The van der Waals surface area contributed by atoms with Crippen molar-refractivity contribution >= 4 is 34.9 Å². The highest BCUT2D eigenvalue weighted by molar-refractivity contribution is 9.10. The molecule has 3 nitrogen and oxygen atoms in total. The second-order valence-electron chi connectivity index (χ2n) is 6.15. The molecule has 0 aliphatic rings. The van der Waals surface area contributed by atoms with Gasteiger partial charge in [0.1, 0.15) is 6.73 Å². The molecule has 0 atom stereocenters. The Kier molecular flexibility index (Phi) is 4.48. The fourth-order valence-corrected chi connectivity index (χ4v) is 3.38. The van der Waals surface area contributed by atoms with Crippen LogP contribution in [0.3, 0.4) is 0 Å². The van der Waals surface area contributed by atoms with Crippen LogP contribution in [-0.2, 0) is 11.5 Å². The number of aromatic nitrogens is 2. The van der Waals surface area contributed by atoms with Gasteiger partial charge in [0.2, 0.25) is 0 Å². The van der Waals surface area contributed by atoms with E-state index in [0.29, 0.717) is 6.73 Å². The van der Waals surface area contributed by atoms with Gasteiger partial charge >= 0.3 is 0 Å². The van der Waals surface area contributed by atoms with E-state index in [-0.39, 0.29) is 0 Å². The summed E-state index contributed by atoms with van der Waals surface area (Å²) < 4.78 is 8.81. The lowest BCUT2D eigenvalue weighted by Crippen LogP contribution is -2.22. The third-order valence-electron chi connectivity index (χ3n) is 3.10. The first-order valence-electron chi connectivity index (χ1n) is 6.56. The molecule has 0 fully saturated rings. The van der Waals surface area contributed by atoms with Gasteiger partial charge in [0, 0.05) is 24.5 Å². The van der Waals surface area contributed by atoms with E-state index in [1.165, 1.54) is 11.6 Å². The van der Waals surface area contributed by atoms with E-state index in [2.05, 4.69) is 59.7 Å². The van der Waals surface area contributed by atoms with Gasteiger partial charge in [-0.25, -0.2) is 4.68 Å². The molecule has 0 aliphatic carbocycles. The van der Waals surface area contributed by atoms with Crippen LogP contribution >= 0.6 is 15.9 Å². The summed E-state index contributed by atoms with van der Waals surface area (Å²) in [6, 6.07) is 5.40. The third kappa shape index (κ3) is 3.90. The lowest BCUT2D eigenvalue weighted by Gasteiger charge is -2.15. The molecule has 1 heterocycles. The van der Waals surface area contributed by atoms with Crippen molar-refractivity contribution < 1.29 is 4.74 Å². The van der Waals surface area contributed by atoms with E-state index in [9.17, 15) is 0 Å². The van der Waals surface area contributed by atoms with Crippen molar-refractivity contribution in [3.8, 4) is 0 Å². The molecular weight excluding hydrogens is 320 g/mol. The number of fused-ring (bicyclic) bond motifs is 1. The second-order valence-corrected chi connectivity index (χ2v) is 12.7. The van der Waals surface area contributed by atoms with Crippen LogP contribution in [0.2, 0.25) is 25.7 Å². The molecule has 0 radical (unpaired) electrons. The van der Waals surface area contributed by atoms with Crippen LogP contribution in [0.5, 0.6) is 0 Å². The van der Waals surface area contributed by atoms with Crippen LogP contribution in [-0.4, -0.2) is 24.5 Å². The average molecular weight is 341 g/mol. The molecule has 0 aliphatic heterocycles. The van der Waals surface area contributed by atoms with Gasteiger partial charge in [0.25, 0.3) is 0 Å². The van der Waals surface area contributed by atoms with Crippen molar-refractivity contribution in [2.24, 2.45) is 0 Å². The minimum Gasteiger partial charge on any atom is -0.360 e. The Hall–Kier alpha value is -0.653. The zero-order valence-corrected chi connectivity index (χ0v) is 14.6. The van der Waals surface area contributed by atoms with E-state index in [1.807, 2.05) is 10.9 Å². The number of halogens is 1. The van der Waals surface area contributed by atoms with Crippen LogP contribution in [0.25, 0.3) is 10.9 Å². The molecular formula is C14H21BrN2OSi. The van der Waals surface area contributed by atoms with Crippen molar-refractivity contribution in [2.75, 3.05) is 6.61 Å². The highest BCUT2D eigenvalue weighted by atomic mass is 79.9. The quantitative estimate of drug-likeness (QED) is 0.595. The average Bonchev–Trinajstić information content (AvgIpc) is 2.66. The molecule has 2 rings (SSSR count). The fraction of sp³-hybridized carbons (Fsp3) is 0.500. The molecule has 1 aromatic carbocycles. The summed E-state index contributed by atoms with van der Waals surface area (Å²) in [5, 5.41) is 5.57. The van der Waals surface area contributed by atoms with Crippen molar-refractivity contribution in [3.63, 3.8) is 0 Å². The summed E-state index contributed by atoms with van der Waals surface area (Å²) in [6.07, 6.45) is 1.90. The van der Waals surface area contributed by atoms with E-state index < -0.39 is 8.07 Å². The summed E-state index contributed by atoms with van der Waals surface area (Å²) in [5.74, 6) is 0. The monoisotopic (exact) mass is 340 g/mol. The number of hydrogen-bond acceptors (Lipinski definition) is 2. The van der Waals surface area contributed by atoms with Gasteiger partial charge in [-0.2, -0.15) is 5.10 Å². The predicted molar refractivity (Wildman–Crippen MR) is 86.3 cm³/mol. The normalized spacial score (nSPS) is 12.3. The maximum atomic E-state index is 5.77. The van der Waals surface area contributed by atoms with Crippen LogP contribution < -0.4 is 0 Å². The van der Waals surface area contributed by atoms with E-state index >= 15 is 0 Å². The first kappa shape index (κ1) is 14.7. The van der Waals surface area contributed by atoms with Crippen LogP contribution in [0.1, 0.15) is 5.56 Å². The maximum absolute atomic E-state index is 5.77. The fourth-order valence-electron chi connectivity index (χ4n) is 2.03. The minimum atomic E-state index is -1.01. The van der Waals surface area contributed by atoms with Crippen LogP contribution in [0.15, 0.2) is 22.8 Å². The molecule has 0 amide bonds. The van der Waals surface area contributed by atoms with Crippen molar-refractivity contribution in [3.05, 3.63) is 28.4 Å². The van der Waals surface area contributed by atoms with Crippen molar-refractivity contribution in [1.82, 2.24) is 9.78 Å². The molecule has 104 valence electrons. The first-order chi connectivity index (χ1) is 8.87. The Balaban J connectivity index is 2.06. The molecule has 5 heteroatoms. The molecule has 0 bridgehead atoms. The number of hydrogen-bond donors (Lipinski definition) is 0. The lowest BCUT2D eigenvalue weighted by atomic mass is 10.2. The SMILES string of the molecule is Cc1cc(Br)cc2cnn(COCC[Si](C)(C)C)c12. The van der Waals surface area contributed by atoms with Crippen molar-refractivity contribution in [2.45, 2.75) is 39.3 Å². The summed E-state index contributed by atoms with van der Waals surface area (Å²) >= 11 is 3.51. The van der Waals surface area contributed by atoms with Gasteiger partial charge in [-0.15, -0.1) is 0 Å². The molecule has 0 saturated heterocycles. The molecule has 0 spiro atoms. The minimum absolute atomic E-state index is 0.538. The summed E-state index contributed by atoms with van der Waals surface area (Å²) in [7, 11) is -1.01. The number of nitrogens with zero attached hydrogens (tertiary/aromatic N) is 2. The number of benzene rings is 1. The Morgan fingerprint density at radius 1 is 1.32 bits per heavy atom. The Labute approximate surface area is 124 Å². The zero-order chi connectivity index (χ0) is 14.0. The molecule has 1 aromatic heterocycles. The smallest absolute Gasteiger partial charge is 0.140 e.